The Bertz CT molecular complexity index is 916. The second-order valence-electron chi connectivity index (χ2n) is 6.22. The number of hydrogen-bond donors (Lipinski definition) is 0. The molecule has 0 spiro atoms. The third-order valence-corrected chi connectivity index (χ3v) is 5.55. The minimum absolute atomic E-state index is 0.0435. The number of carbonyl (C=O) groups is 1. The van der Waals surface area contributed by atoms with Crippen LogP contribution in [0.2, 0.25) is 10.0 Å². The van der Waals surface area contributed by atoms with Gasteiger partial charge in [-0.25, -0.2) is 0 Å². The SMILES string of the molecule is O=C(c1cccc(Cl)c1Cl)N1C[C@H](c2ccccc2)[C@@H](c2ncon2)C1. The van der Waals surface area contributed by atoms with Crippen molar-refractivity contribution >= 4 is 29.1 Å². The van der Waals surface area contributed by atoms with E-state index in [9.17, 15) is 4.79 Å². The number of nitrogens with zero attached hydrogens (tertiary/aromatic N) is 3. The fourth-order valence-electron chi connectivity index (χ4n) is 3.45. The summed E-state index contributed by atoms with van der Waals surface area (Å²) in [4.78, 5) is 19.0. The van der Waals surface area contributed by atoms with Gasteiger partial charge in [0, 0.05) is 24.9 Å². The van der Waals surface area contributed by atoms with Crippen molar-refractivity contribution in [2.75, 3.05) is 13.1 Å². The first kappa shape index (κ1) is 17.1. The quantitative estimate of drug-likeness (QED) is 0.667. The van der Waals surface area contributed by atoms with Crippen LogP contribution in [-0.4, -0.2) is 34.0 Å². The van der Waals surface area contributed by atoms with Gasteiger partial charge in [-0.3, -0.25) is 4.79 Å². The fourth-order valence-corrected chi connectivity index (χ4v) is 3.83. The van der Waals surface area contributed by atoms with E-state index in [4.69, 9.17) is 27.7 Å². The van der Waals surface area contributed by atoms with Crippen molar-refractivity contribution in [3.63, 3.8) is 0 Å². The smallest absolute Gasteiger partial charge is 0.255 e. The van der Waals surface area contributed by atoms with Gasteiger partial charge in [-0.15, -0.1) is 0 Å². The van der Waals surface area contributed by atoms with Gasteiger partial charge in [0.15, 0.2) is 5.82 Å². The van der Waals surface area contributed by atoms with Gasteiger partial charge in [-0.2, -0.15) is 4.98 Å². The van der Waals surface area contributed by atoms with E-state index >= 15 is 0 Å². The third kappa shape index (κ3) is 3.08. The summed E-state index contributed by atoms with van der Waals surface area (Å²) >= 11 is 12.3. The summed E-state index contributed by atoms with van der Waals surface area (Å²) in [6.07, 6.45) is 1.32. The number of benzene rings is 2. The van der Waals surface area contributed by atoms with Crippen molar-refractivity contribution < 1.29 is 9.32 Å². The molecular formula is C19H15Cl2N3O2. The highest BCUT2D eigenvalue weighted by molar-refractivity contribution is 6.43. The largest absolute Gasteiger partial charge is 0.343 e. The number of rotatable bonds is 3. The Morgan fingerprint density at radius 2 is 1.81 bits per heavy atom. The highest BCUT2D eigenvalue weighted by Crippen LogP contribution is 2.39. The molecule has 1 amide bonds. The zero-order valence-electron chi connectivity index (χ0n) is 13.7. The van der Waals surface area contributed by atoms with E-state index in [0.29, 0.717) is 29.5 Å². The predicted molar refractivity (Wildman–Crippen MR) is 98.6 cm³/mol. The van der Waals surface area contributed by atoms with E-state index in [1.54, 1.807) is 23.1 Å². The van der Waals surface area contributed by atoms with Crippen molar-refractivity contribution in [1.29, 1.82) is 0 Å². The lowest BCUT2D eigenvalue weighted by Crippen LogP contribution is -2.29. The second kappa shape index (κ2) is 7.09. The molecule has 0 saturated carbocycles. The van der Waals surface area contributed by atoms with Gasteiger partial charge < -0.3 is 9.42 Å². The summed E-state index contributed by atoms with van der Waals surface area (Å²) in [6, 6.07) is 15.1. The Hall–Kier alpha value is -2.37. The van der Waals surface area contributed by atoms with E-state index in [-0.39, 0.29) is 22.8 Å². The molecule has 0 radical (unpaired) electrons. The normalized spacial score (nSPS) is 19.7. The second-order valence-corrected chi connectivity index (χ2v) is 7.01. The molecule has 0 unspecified atom stereocenters. The van der Waals surface area contributed by atoms with Gasteiger partial charge >= 0.3 is 0 Å². The van der Waals surface area contributed by atoms with Gasteiger partial charge in [-0.05, 0) is 17.7 Å². The Morgan fingerprint density at radius 3 is 2.54 bits per heavy atom. The molecule has 2 heterocycles. The number of hydrogen-bond acceptors (Lipinski definition) is 4. The minimum Gasteiger partial charge on any atom is -0.343 e. The van der Waals surface area contributed by atoms with E-state index in [2.05, 4.69) is 22.3 Å². The fraction of sp³-hybridized carbons (Fsp3) is 0.211. The summed E-state index contributed by atoms with van der Waals surface area (Å²) in [6.45, 7) is 1.03. The van der Waals surface area contributed by atoms with E-state index in [0.717, 1.165) is 5.56 Å². The van der Waals surface area contributed by atoms with Gasteiger partial charge in [0.25, 0.3) is 5.91 Å². The van der Waals surface area contributed by atoms with Crippen LogP contribution in [-0.2, 0) is 0 Å². The maximum Gasteiger partial charge on any atom is 0.255 e. The standard InChI is InChI=1S/C19H15Cl2N3O2/c20-16-8-4-7-13(17(16)21)19(25)24-9-14(12-5-2-1-3-6-12)15(10-24)18-22-11-26-23-18/h1-8,11,14-15H,9-10H2/t14-,15+/m1/s1. The molecule has 0 bridgehead atoms. The Balaban J connectivity index is 1.67. The van der Waals surface area contributed by atoms with Crippen LogP contribution >= 0.6 is 23.2 Å². The highest BCUT2D eigenvalue weighted by Gasteiger charge is 2.40. The average Bonchev–Trinajstić information content (AvgIpc) is 3.33. The lowest BCUT2D eigenvalue weighted by Gasteiger charge is -2.17. The maximum absolute atomic E-state index is 13.0. The predicted octanol–water partition coefficient (Wildman–Crippen LogP) is 4.40. The number of likely N-dealkylation sites (tertiary alicyclic amines) is 1. The van der Waals surface area contributed by atoms with Crippen molar-refractivity contribution in [3.8, 4) is 0 Å². The van der Waals surface area contributed by atoms with Crippen LogP contribution in [0, 0.1) is 0 Å². The first-order chi connectivity index (χ1) is 12.6. The van der Waals surface area contributed by atoms with Crippen LogP contribution in [0.25, 0.3) is 0 Å². The molecule has 0 aliphatic carbocycles. The Kier molecular flexibility index (Phi) is 4.66. The van der Waals surface area contributed by atoms with Crippen LogP contribution < -0.4 is 0 Å². The molecule has 0 N–H and O–H groups in total. The minimum atomic E-state index is -0.149. The lowest BCUT2D eigenvalue weighted by atomic mass is 9.88. The molecular weight excluding hydrogens is 373 g/mol. The molecule has 1 fully saturated rings. The number of carbonyl (C=O) groups excluding carboxylic acids is 1. The molecule has 1 saturated heterocycles. The summed E-state index contributed by atoms with van der Waals surface area (Å²) in [7, 11) is 0. The van der Waals surface area contributed by atoms with E-state index in [1.165, 1.54) is 6.39 Å². The monoisotopic (exact) mass is 387 g/mol. The summed E-state index contributed by atoms with van der Waals surface area (Å²) in [5, 5.41) is 4.64. The third-order valence-electron chi connectivity index (χ3n) is 4.73. The molecule has 1 aliphatic rings. The molecule has 26 heavy (non-hydrogen) atoms. The molecule has 1 aliphatic heterocycles. The van der Waals surface area contributed by atoms with Crippen LogP contribution in [0.3, 0.4) is 0 Å². The number of amides is 1. The van der Waals surface area contributed by atoms with Crippen LogP contribution in [0.4, 0.5) is 0 Å². The summed E-state index contributed by atoms with van der Waals surface area (Å²) < 4.78 is 4.92. The van der Waals surface area contributed by atoms with Gasteiger partial charge in [-0.1, -0.05) is 64.8 Å². The average molecular weight is 388 g/mol. The first-order valence-electron chi connectivity index (χ1n) is 8.19. The molecule has 132 valence electrons. The molecule has 2 aromatic carbocycles. The lowest BCUT2D eigenvalue weighted by molar-refractivity contribution is 0.0789. The topological polar surface area (TPSA) is 59.2 Å². The van der Waals surface area contributed by atoms with Crippen LogP contribution in [0.15, 0.2) is 59.4 Å². The number of halogens is 2. The van der Waals surface area contributed by atoms with E-state index in [1.807, 2.05) is 18.2 Å². The molecule has 3 aromatic rings. The first-order valence-corrected chi connectivity index (χ1v) is 8.95. The summed E-state index contributed by atoms with van der Waals surface area (Å²) in [5.41, 5.74) is 1.54. The molecule has 4 rings (SSSR count). The molecule has 7 heteroatoms. The Morgan fingerprint density at radius 1 is 1.04 bits per heavy atom. The van der Waals surface area contributed by atoms with Crippen molar-refractivity contribution in [3.05, 3.63) is 81.9 Å². The van der Waals surface area contributed by atoms with E-state index < -0.39 is 0 Å². The van der Waals surface area contributed by atoms with Crippen molar-refractivity contribution in [1.82, 2.24) is 15.0 Å². The zero-order chi connectivity index (χ0) is 18.1. The molecule has 2 atom stereocenters. The van der Waals surface area contributed by atoms with Crippen molar-refractivity contribution in [2.45, 2.75) is 11.8 Å². The summed E-state index contributed by atoms with van der Waals surface area (Å²) in [5.74, 6) is 0.490. The van der Waals surface area contributed by atoms with Gasteiger partial charge in [0.1, 0.15) is 0 Å². The highest BCUT2D eigenvalue weighted by atomic mass is 35.5. The van der Waals surface area contributed by atoms with Gasteiger partial charge in [0.05, 0.1) is 15.6 Å². The van der Waals surface area contributed by atoms with Crippen molar-refractivity contribution in [2.24, 2.45) is 0 Å². The zero-order valence-corrected chi connectivity index (χ0v) is 15.2. The Labute approximate surface area is 160 Å². The number of aromatic nitrogens is 2. The molecule has 5 nitrogen and oxygen atoms in total. The van der Waals surface area contributed by atoms with Crippen LogP contribution in [0.1, 0.15) is 33.6 Å². The maximum atomic E-state index is 13.0. The van der Waals surface area contributed by atoms with Crippen LogP contribution in [0.5, 0.6) is 0 Å². The molecule has 1 aromatic heterocycles. The van der Waals surface area contributed by atoms with Gasteiger partial charge in [0.2, 0.25) is 6.39 Å².